The second kappa shape index (κ2) is 7.46. The molecule has 0 spiro atoms. The van der Waals surface area contributed by atoms with E-state index in [1.165, 1.54) is 0 Å². The van der Waals surface area contributed by atoms with E-state index in [0.717, 1.165) is 53.6 Å². The summed E-state index contributed by atoms with van der Waals surface area (Å²) in [6.07, 6.45) is 8.46. The molecule has 1 N–H and O–H groups in total. The highest BCUT2D eigenvalue weighted by atomic mass is 16.2. The summed E-state index contributed by atoms with van der Waals surface area (Å²) in [6, 6.07) is 6.65. The van der Waals surface area contributed by atoms with Gasteiger partial charge in [-0.15, -0.1) is 0 Å². The summed E-state index contributed by atoms with van der Waals surface area (Å²) in [4.78, 5) is 26.4. The van der Waals surface area contributed by atoms with E-state index in [1.54, 1.807) is 4.90 Å². The number of pyridine rings is 1. The summed E-state index contributed by atoms with van der Waals surface area (Å²) in [6.45, 7) is 1.22. The molecule has 0 bridgehead atoms. The van der Waals surface area contributed by atoms with Crippen LogP contribution < -0.4 is 0 Å². The van der Waals surface area contributed by atoms with Crippen molar-refractivity contribution in [2.24, 2.45) is 5.92 Å². The fourth-order valence-electron chi connectivity index (χ4n) is 5.03. The van der Waals surface area contributed by atoms with Crippen LogP contribution in [0.1, 0.15) is 56.3 Å². The average molecular weight is 401 g/mol. The molecular weight excluding hydrogens is 378 g/mol. The lowest BCUT2D eigenvalue weighted by atomic mass is 9.84. The van der Waals surface area contributed by atoms with Crippen molar-refractivity contribution in [2.45, 2.75) is 50.5 Å². The summed E-state index contributed by atoms with van der Waals surface area (Å²) >= 11 is 0. The van der Waals surface area contributed by atoms with E-state index in [4.69, 9.17) is 15.5 Å². The van der Waals surface area contributed by atoms with Crippen molar-refractivity contribution in [3.8, 4) is 12.1 Å². The second-order valence-corrected chi connectivity index (χ2v) is 8.44. The number of aromatic nitrogens is 4. The van der Waals surface area contributed by atoms with Crippen LogP contribution in [-0.4, -0.2) is 43.4 Å². The predicted molar refractivity (Wildman–Crippen MR) is 110 cm³/mol. The van der Waals surface area contributed by atoms with Gasteiger partial charge in [0.05, 0.1) is 29.8 Å². The number of imidazole rings is 1. The molecule has 3 aromatic heterocycles. The topological polar surface area (TPSA) is 114 Å². The number of hydrogen-bond donors (Lipinski definition) is 1. The fourth-order valence-corrected chi connectivity index (χ4v) is 5.03. The van der Waals surface area contributed by atoms with Gasteiger partial charge in [-0.2, -0.15) is 10.5 Å². The highest BCUT2D eigenvalue weighted by molar-refractivity contribution is 6.01. The van der Waals surface area contributed by atoms with Crippen LogP contribution >= 0.6 is 0 Å². The number of nitrogens with zero attached hydrogens (tertiary/aromatic N) is 6. The van der Waals surface area contributed by atoms with Crippen LogP contribution in [0.3, 0.4) is 0 Å². The van der Waals surface area contributed by atoms with Crippen LogP contribution in [-0.2, 0) is 4.79 Å². The molecule has 152 valence electrons. The van der Waals surface area contributed by atoms with Crippen LogP contribution in [0.5, 0.6) is 0 Å². The molecule has 1 amide bonds. The summed E-state index contributed by atoms with van der Waals surface area (Å²) in [5.41, 5.74) is 2.85. The van der Waals surface area contributed by atoms with Crippen molar-refractivity contribution in [1.82, 2.24) is 24.4 Å². The fraction of sp³-hybridized carbons (Fsp3) is 0.500. The standard InChI is InChI=1S/C22H23N7O/c23-8-5-14-1-3-16(4-2-14)29-20-17-7-10-25-21(17)26-11-18(20)27-22(29)15-12-28(13-15)19(30)6-9-24/h7,10-11,14-16H,1-6,12-13H2,(H,25,26). The number of nitrogens with one attached hydrogen (secondary N) is 1. The number of nitriles is 2. The van der Waals surface area contributed by atoms with Gasteiger partial charge >= 0.3 is 0 Å². The molecule has 2 aliphatic rings. The number of rotatable bonds is 4. The molecule has 0 unspecified atom stereocenters. The minimum Gasteiger partial charge on any atom is -0.346 e. The first-order valence-corrected chi connectivity index (χ1v) is 10.5. The van der Waals surface area contributed by atoms with Gasteiger partial charge in [0.15, 0.2) is 0 Å². The van der Waals surface area contributed by atoms with Gasteiger partial charge in [0.25, 0.3) is 0 Å². The highest BCUT2D eigenvalue weighted by Gasteiger charge is 2.37. The maximum atomic E-state index is 12.0. The zero-order valence-electron chi connectivity index (χ0n) is 16.7. The molecule has 8 nitrogen and oxygen atoms in total. The van der Waals surface area contributed by atoms with Gasteiger partial charge in [-0.1, -0.05) is 0 Å². The van der Waals surface area contributed by atoms with Gasteiger partial charge in [-0.05, 0) is 37.7 Å². The minimum atomic E-state index is -0.108. The normalized spacial score (nSPS) is 22.0. The zero-order chi connectivity index (χ0) is 20.7. The molecule has 4 heterocycles. The highest BCUT2D eigenvalue weighted by Crippen LogP contribution is 2.40. The van der Waals surface area contributed by atoms with Crippen molar-refractivity contribution in [2.75, 3.05) is 13.1 Å². The molecule has 1 aliphatic carbocycles. The van der Waals surface area contributed by atoms with E-state index < -0.39 is 0 Å². The van der Waals surface area contributed by atoms with Crippen molar-refractivity contribution >= 4 is 28.0 Å². The summed E-state index contributed by atoms with van der Waals surface area (Å²) < 4.78 is 2.40. The first kappa shape index (κ1) is 18.6. The Kier molecular flexibility index (Phi) is 4.63. The first-order chi connectivity index (χ1) is 14.7. The summed E-state index contributed by atoms with van der Waals surface area (Å²) in [7, 11) is 0. The maximum Gasteiger partial charge on any atom is 0.236 e. The minimum absolute atomic E-state index is 0.0695. The molecule has 8 heteroatoms. The van der Waals surface area contributed by atoms with Gasteiger partial charge in [-0.25, -0.2) is 9.97 Å². The van der Waals surface area contributed by atoms with Crippen LogP contribution in [0, 0.1) is 28.6 Å². The number of carbonyl (C=O) groups excluding carboxylic acids is 1. The summed E-state index contributed by atoms with van der Waals surface area (Å²) in [5.74, 6) is 1.57. The van der Waals surface area contributed by atoms with E-state index in [1.807, 2.05) is 18.5 Å². The molecule has 0 radical (unpaired) electrons. The van der Waals surface area contributed by atoms with Crippen molar-refractivity contribution in [3.05, 3.63) is 24.3 Å². The Labute approximate surface area is 174 Å². The maximum absolute atomic E-state index is 12.0. The Morgan fingerprint density at radius 3 is 2.73 bits per heavy atom. The van der Waals surface area contributed by atoms with Gasteiger partial charge in [0, 0.05) is 37.1 Å². The van der Waals surface area contributed by atoms with E-state index in [0.29, 0.717) is 31.5 Å². The molecule has 5 rings (SSSR count). The third-order valence-electron chi connectivity index (χ3n) is 6.65. The van der Waals surface area contributed by atoms with Crippen LogP contribution in [0.4, 0.5) is 0 Å². The molecule has 2 fully saturated rings. The third-order valence-corrected chi connectivity index (χ3v) is 6.65. The van der Waals surface area contributed by atoms with Gasteiger partial charge < -0.3 is 14.5 Å². The lowest BCUT2D eigenvalue weighted by molar-refractivity contribution is -0.134. The van der Waals surface area contributed by atoms with Crippen molar-refractivity contribution in [3.63, 3.8) is 0 Å². The van der Waals surface area contributed by atoms with E-state index >= 15 is 0 Å². The van der Waals surface area contributed by atoms with Crippen LogP contribution in [0.2, 0.25) is 0 Å². The molecule has 0 atom stereocenters. The third kappa shape index (κ3) is 3.00. The smallest absolute Gasteiger partial charge is 0.236 e. The zero-order valence-corrected chi connectivity index (χ0v) is 16.7. The molecule has 3 aromatic rings. The number of hydrogen-bond acceptors (Lipinski definition) is 5. The van der Waals surface area contributed by atoms with Crippen molar-refractivity contribution in [1.29, 1.82) is 10.5 Å². The SMILES string of the molecule is N#CCC(=O)N1CC(c2nc3cnc4[nH]ccc4c3n2C2CCC(CC#N)CC2)C1. The number of H-pyrrole nitrogens is 1. The largest absolute Gasteiger partial charge is 0.346 e. The van der Waals surface area contributed by atoms with E-state index in [-0.39, 0.29) is 18.2 Å². The Morgan fingerprint density at radius 2 is 2.00 bits per heavy atom. The van der Waals surface area contributed by atoms with Crippen molar-refractivity contribution < 1.29 is 4.79 Å². The Hall–Kier alpha value is -3.39. The van der Waals surface area contributed by atoms with Crippen LogP contribution in [0.25, 0.3) is 22.1 Å². The Bertz CT molecular complexity index is 1180. The van der Waals surface area contributed by atoms with Gasteiger partial charge in [0.2, 0.25) is 5.91 Å². The first-order valence-electron chi connectivity index (χ1n) is 10.5. The van der Waals surface area contributed by atoms with Gasteiger partial charge in [-0.3, -0.25) is 4.79 Å². The van der Waals surface area contributed by atoms with Gasteiger partial charge in [0.1, 0.15) is 23.4 Å². The second-order valence-electron chi connectivity index (χ2n) is 8.44. The average Bonchev–Trinajstić information content (AvgIpc) is 3.32. The Morgan fingerprint density at radius 1 is 1.20 bits per heavy atom. The molecule has 30 heavy (non-hydrogen) atoms. The van der Waals surface area contributed by atoms with E-state index in [2.05, 4.69) is 26.7 Å². The quantitative estimate of drug-likeness (QED) is 0.719. The van der Waals surface area contributed by atoms with Crippen LogP contribution in [0.15, 0.2) is 18.5 Å². The Balaban J connectivity index is 1.51. The summed E-state index contributed by atoms with van der Waals surface area (Å²) in [5, 5.41) is 18.9. The molecular formula is C22H23N7O. The lowest BCUT2D eigenvalue weighted by Gasteiger charge is -2.40. The predicted octanol–water partition coefficient (Wildman–Crippen LogP) is 3.40. The lowest BCUT2D eigenvalue weighted by Crippen LogP contribution is -2.49. The number of fused-ring (bicyclic) bond motifs is 3. The number of aromatic amines is 1. The monoisotopic (exact) mass is 401 g/mol. The number of carbonyl (C=O) groups is 1. The van der Waals surface area contributed by atoms with E-state index in [9.17, 15) is 4.79 Å². The number of likely N-dealkylation sites (tertiary alicyclic amines) is 1. The molecule has 1 saturated heterocycles. The number of amides is 1. The molecule has 0 aromatic carbocycles. The molecule has 1 aliphatic heterocycles. The molecule has 1 saturated carbocycles.